The summed E-state index contributed by atoms with van der Waals surface area (Å²) < 4.78 is 0. The number of hydrogen-bond acceptors (Lipinski definition) is 4. The quantitative estimate of drug-likeness (QED) is 0.658. The molecule has 1 unspecified atom stereocenters. The summed E-state index contributed by atoms with van der Waals surface area (Å²) in [4.78, 5) is 24.8. The number of hydrogen-bond donors (Lipinski definition) is 1. The normalized spacial score (nSPS) is 15.8. The Balaban J connectivity index is 1.59. The van der Waals surface area contributed by atoms with Gasteiger partial charge in [0.05, 0.1) is 11.0 Å². The standard InChI is InChI=1S/C20H21N3O3/c1-15(20(24)21-18-7-9-19(10-8-18)23(25)26)22-13-11-17(12-14-22)16-5-3-2-4-6-16/h2-11,15H,12-14H2,1H3,(H,21,24). The third kappa shape index (κ3) is 4.15. The highest BCUT2D eigenvalue weighted by Gasteiger charge is 2.23. The van der Waals surface area contributed by atoms with Gasteiger partial charge in [0.1, 0.15) is 0 Å². The number of carbonyl (C=O) groups excluding carboxylic acids is 1. The first kappa shape index (κ1) is 17.8. The highest BCUT2D eigenvalue weighted by Crippen LogP contribution is 2.23. The fourth-order valence-electron chi connectivity index (χ4n) is 3.03. The molecule has 1 atom stereocenters. The first-order chi connectivity index (χ1) is 12.5. The first-order valence-corrected chi connectivity index (χ1v) is 8.58. The Morgan fingerprint density at radius 3 is 2.42 bits per heavy atom. The Hall–Kier alpha value is -2.99. The van der Waals surface area contributed by atoms with Gasteiger partial charge in [-0.2, -0.15) is 0 Å². The molecule has 2 aromatic carbocycles. The van der Waals surface area contributed by atoms with E-state index in [1.807, 2.05) is 25.1 Å². The van der Waals surface area contributed by atoms with Crippen molar-refractivity contribution >= 4 is 22.9 Å². The molecule has 134 valence electrons. The molecule has 6 nitrogen and oxygen atoms in total. The number of carbonyl (C=O) groups is 1. The topological polar surface area (TPSA) is 75.5 Å². The minimum absolute atomic E-state index is 0.00524. The van der Waals surface area contributed by atoms with Crippen molar-refractivity contribution in [2.45, 2.75) is 19.4 Å². The number of rotatable bonds is 5. The van der Waals surface area contributed by atoms with Crippen molar-refractivity contribution in [3.05, 3.63) is 76.4 Å². The molecule has 3 rings (SSSR count). The Labute approximate surface area is 152 Å². The summed E-state index contributed by atoms with van der Waals surface area (Å²) in [5.41, 5.74) is 3.11. The van der Waals surface area contributed by atoms with Crippen LogP contribution in [0.3, 0.4) is 0 Å². The van der Waals surface area contributed by atoms with Crippen molar-refractivity contribution < 1.29 is 9.72 Å². The minimum Gasteiger partial charge on any atom is -0.325 e. The summed E-state index contributed by atoms with van der Waals surface area (Å²) in [5, 5.41) is 13.5. The van der Waals surface area contributed by atoms with Gasteiger partial charge >= 0.3 is 0 Å². The minimum atomic E-state index is -0.460. The van der Waals surface area contributed by atoms with Gasteiger partial charge in [0.2, 0.25) is 5.91 Å². The average molecular weight is 351 g/mol. The monoisotopic (exact) mass is 351 g/mol. The Morgan fingerprint density at radius 2 is 1.85 bits per heavy atom. The second kappa shape index (κ2) is 7.93. The molecule has 0 spiro atoms. The number of non-ortho nitro benzene ring substituents is 1. The van der Waals surface area contributed by atoms with E-state index in [2.05, 4.69) is 28.4 Å². The molecule has 26 heavy (non-hydrogen) atoms. The zero-order valence-corrected chi connectivity index (χ0v) is 14.6. The van der Waals surface area contributed by atoms with Crippen molar-refractivity contribution in [2.24, 2.45) is 0 Å². The van der Waals surface area contributed by atoms with Crippen molar-refractivity contribution in [3.8, 4) is 0 Å². The molecule has 0 fully saturated rings. The number of anilines is 1. The summed E-state index contributed by atoms with van der Waals surface area (Å²) in [7, 11) is 0. The van der Waals surface area contributed by atoms with E-state index in [9.17, 15) is 14.9 Å². The average Bonchev–Trinajstić information content (AvgIpc) is 2.68. The molecule has 0 saturated carbocycles. The van der Waals surface area contributed by atoms with Crippen molar-refractivity contribution in [1.82, 2.24) is 4.90 Å². The lowest BCUT2D eigenvalue weighted by Gasteiger charge is -2.31. The second-order valence-corrected chi connectivity index (χ2v) is 6.31. The molecular weight excluding hydrogens is 330 g/mol. The number of nitrogens with one attached hydrogen (secondary N) is 1. The van der Waals surface area contributed by atoms with Crippen LogP contribution in [0.5, 0.6) is 0 Å². The van der Waals surface area contributed by atoms with Crippen LogP contribution in [-0.2, 0) is 4.79 Å². The zero-order chi connectivity index (χ0) is 18.5. The van der Waals surface area contributed by atoms with E-state index in [1.54, 1.807) is 12.1 Å². The molecule has 1 aliphatic rings. The van der Waals surface area contributed by atoms with E-state index in [4.69, 9.17) is 0 Å². The maximum Gasteiger partial charge on any atom is 0.269 e. The smallest absolute Gasteiger partial charge is 0.269 e. The highest BCUT2D eigenvalue weighted by atomic mass is 16.6. The van der Waals surface area contributed by atoms with Gasteiger partial charge in [-0.05, 0) is 36.6 Å². The lowest BCUT2D eigenvalue weighted by atomic mass is 9.99. The van der Waals surface area contributed by atoms with Gasteiger partial charge in [0.25, 0.3) is 5.69 Å². The maximum absolute atomic E-state index is 12.5. The number of nitro benzene ring substituents is 1. The molecule has 6 heteroatoms. The molecule has 0 radical (unpaired) electrons. The van der Waals surface area contributed by atoms with Crippen LogP contribution < -0.4 is 5.32 Å². The Morgan fingerprint density at radius 1 is 1.15 bits per heavy atom. The van der Waals surface area contributed by atoms with E-state index < -0.39 is 4.92 Å². The molecule has 1 heterocycles. The summed E-state index contributed by atoms with van der Waals surface area (Å²) in [6.07, 6.45) is 3.08. The van der Waals surface area contributed by atoms with Crippen LogP contribution in [0.25, 0.3) is 5.57 Å². The second-order valence-electron chi connectivity index (χ2n) is 6.31. The van der Waals surface area contributed by atoms with E-state index in [0.717, 1.165) is 19.5 Å². The number of benzene rings is 2. The third-order valence-corrected chi connectivity index (χ3v) is 4.66. The van der Waals surface area contributed by atoms with Gasteiger partial charge in [-0.1, -0.05) is 36.4 Å². The third-order valence-electron chi connectivity index (χ3n) is 4.66. The number of nitrogens with zero attached hydrogens (tertiary/aromatic N) is 2. The lowest BCUT2D eigenvalue weighted by Crippen LogP contribution is -2.44. The van der Waals surface area contributed by atoms with Crippen LogP contribution in [0.2, 0.25) is 0 Å². The van der Waals surface area contributed by atoms with Crippen LogP contribution in [-0.4, -0.2) is 34.9 Å². The molecular formula is C20H21N3O3. The number of amides is 1. The van der Waals surface area contributed by atoms with Crippen LogP contribution >= 0.6 is 0 Å². The van der Waals surface area contributed by atoms with E-state index in [1.165, 1.54) is 23.3 Å². The predicted molar refractivity (Wildman–Crippen MR) is 102 cm³/mol. The van der Waals surface area contributed by atoms with E-state index in [0.29, 0.717) is 5.69 Å². The lowest BCUT2D eigenvalue weighted by molar-refractivity contribution is -0.384. The predicted octanol–water partition coefficient (Wildman–Crippen LogP) is 3.71. The Kier molecular flexibility index (Phi) is 5.43. The van der Waals surface area contributed by atoms with Gasteiger partial charge in [0, 0.05) is 30.9 Å². The summed E-state index contributed by atoms with van der Waals surface area (Å²) in [6.45, 7) is 3.41. The van der Waals surface area contributed by atoms with Crippen molar-refractivity contribution in [3.63, 3.8) is 0 Å². The van der Waals surface area contributed by atoms with Gasteiger partial charge in [-0.3, -0.25) is 19.8 Å². The molecule has 1 N–H and O–H groups in total. The van der Waals surface area contributed by atoms with Crippen LogP contribution in [0.4, 0.5) is 11.4 Å². The maximum atomic E-state index is 12.5. The molecule has 2 aromatic rings. The highest BCUT2D eigenvalue weighted by molar-refractivity contribution is 5.94. The first-order valence-electron chi connectivity index (χ1n) is 8.58. The summed E-state index contributed by atoms with van der Waals surface area (Å²) in [6, 6.07) is 15.9. The molecule has 1 amide bonds. The fraction of sp³-hybridized carbons (Fsp3) is 0.250. The molecule has 0 bridgehead atoms. The SMILES string of the molecule is CC(C(=O)Nc1ccc([N+](=O)[O-])cc1)N1CC=C(c2ccccc2)CC1. The van der Waals surface area contributed by atoms with Crippen molar-refractivity contribution in [2.75, 3.05) is 18.4 Å². The number of nitro groups is 1. The summed E-state index contributed by atoms with van der Waals surface area (Å²) in [5.74, 6) is -0.115. The molecule has 0 aromatic heterocycles. The van der Waals surface area contributed by atoms with E-state index in [-0.39, 0.29) is 17.6 Å². The summed E-state index contributed by atoms with van der Waals surface area (Å²) >= 11 is 0. The van der Waals surface area contributed by atoms with E-state index >= 15 is 0 Å². The van der Waals surface area contributed by atoms with Crippen LogP contribution in [0, 0.1) is 10.1 Å². The Bertz CT molecular complexity index is 816. The van der Waals surface area contributed by atoms with Crippen LogP contribution in [0.1, 0.15) is 18.9 Å². The van der Waals surface area contributed by atoms with Gasteiger partial charge in [-0.15, -0.1) is 0 Å². The zero-order valence-electron chi connectivity index (χ0n) is 14.6. The largest absolute Gasteiger partial charge is 0.325 e. The molecule has 0 aliphatic carbocycles. The molecule has 1 aliphatic heterocycles. The van der Waals surface area contributed by atoms with Gasteiger partial charge in [-0.25, -0.2) is 0 Å². The van der Waals surface area contributed by atoms with Gasteiger partial charge < -0.3 is 5.32 Å². The van der Waals surface area contributed by atoms with Crippen molar-refractivity contribution in [1.29, 1.82) is 0 Å². The fourth-order valence-corrected chi connectivity index (χ4v) is 3.03. The molecule has 0 saturated heterocycles. The van der Waals surface area contributed by atoms with Gasteiger partial charge in [0.15, 0.2) is 0 Å². The van der Waals surface area contributed by atoms with Crippen LogP contribution in [0.15, 0.2) is 60.7 Å².